The van der Waals surface area contributed by atoms with Gasteiger partial charge in [-0.3, -0.25) is 9.52 Å². The van der Waals surface area contributed by atoms with Gasteiger partial charge in [0.05, 0.1) is 6.10 Å². The molecule has 0 aliphatic heterocycles. The minimum absolute atomic E-state index is 0.0441. The monoisotopic (exact) mass is 205 g/mol. The quantitative estimate of drug-likeness (QED) is 0.549. The smallest absolute Gasteiger partial charge is 0.324 e. The Labute approximate surface area is 84.7 Å². The molecule has 0 aliphatic rings. The highest BCUT2D eigenvalue weighted by Gasteiger charge is 2.23. The molecule has 0 saturated carbocycles. The summed E-state index contributed by atoms with van der Waals surface area (Å²) in [5.74, 6) is 0.0815. The molecular weight excluding hydrogens is 186 g/mol. The first-order chi connectivity index (χ1) is 5.99. The molecule has 0 radical (unpaired) electrons. The fraction of sp³-hybridized carbons (Fsp3) is 0.889. The van der Waals surface area contributed by atoms with Crippen LogP contribution in [-0.4, -0.2) is 24.4 Å². The first-order valence-electron chi connectivity index (χ1n) is 4.48. The van der Waals surface area contributed by atoms with Crippen LogP contribution in [0.5, 0.6) is 0 Å². The molecule has 4 heteroatoms. The lowest BCUT2D eigenvalue weighted by molar-refractivity contribution is -0.150. The van der Waals surface area contributed by atoms with Gasteiger partial charge in [0.15, 0.2) is 0 Å². The average Bonchev–Trinajstić information content (AvgIpc) is 1.97. The molecule has 1 N–H and O–H groups in total. The van der Waals surface area contributed by atoms with Crippen molar-refractivity contribution in [1.29, 1.82) is 0 Å². The van der Waals surface area contributed by atoms with Crippen LogP contribution >= 0.6 is 11.9 Å². The third kappa shape index (κ3) is 5.16. The molecule has 0 bridgehead atoms. The zero-order chi connectivity index (χ0) is 10.4. The number of hydrogen-bond donors (Lipinski definition) is 1. The molecule has 1 atom stereocenters. The van der Waals surface area contributed by atoms with Gasteiger partial charge in [-0.2, -0.15) is 0 Å². The number of nitrogens with one attached hydrogen (secondary N) is 1. The van der Waals surface area contributed by atoms with Crippen LogP contribution < -0.4 is 4.72 Å². The van der Waals surface area contributed by atoms with Gasteiger partial charge in [0.2, 0.25) is 0 Å². The summed E-state index contributed by atoms with van der Waals surface area (Å²) in [5, 5.41) is 0. The van der Waals surface area contributed by atoms with Gasteiger partial charge in [-0.15, -0.1) is 0 Å². The molecule has 3 nitrogen and oxygen atoms in total. The Morgan fingerprint density at radius 1 is 1.31 bits per heavy atom. The molecule has 0 aromatic heterocycles. The number of ether oxygens (including phenoxy) is 1. The number of rotatable bonds is 5. The Morgan fingerprint density at radius 2 is 1.85 bits per heavy atom. The standard InChI is InChI=1S/C9H19NO2S/c1-6(2)8(10-13-5)9(11)12-7(3)4/h6-8,10H,1-5H3. The Hall–Kier alpha value is -0.220. The normalized spacial score (nSPS) is 13.5. The zero-order valence-electron chi connectivity index (χ0n) is 8.96. The maximum atomic E-state index is 11.5. The maximum absolute atomic E-state index is 11.5. The summed E-state index contributed by atoms with van der Waals surface area (Å²) in [5.41, 5.74) is 0. The van der Waals surface area contributed by atoms with E-state index in [-0.39, 0.29) is 24.0 Å². The van der Waals surface area contributed by atoms with E-state index in [0.717, 1.165) is 0 Å². The summed E-state index contributed by atoms with van der Waals surface area (Å²) in [4.78, 5) is 11.5. The van der Waals surface area contributed by atoms with Crippen LogP contribution in [0.1, 0.15) is 27.7 Å². The molecule has 0 fully saturated rings. The van der Waals surface area contributed by atoms with Gasteiger partial charge in [-0.1, -0.05) is 25.8 Å². The molecule has 78 valence electrons. The third-order valence-corrected chi connectivity index (χ3v) is 2.01. The molecule has 0 amide bonds. The summed E-state index contributed by atoms with van der Waals surface area (Å²) >= 11 is 1.44. The van der Waals surface area contributed by atoms with Crippen LogP contribution in [0.2, 0.25) is 0 Å². The van der Waals surface area contributed by atoms with Crippen LogP contribution in [0.3, 0.4) is 0 Å². The Kier molecular flexibility index (Phi) is 6.16. The van der Waals surface area contributed by atoms with E-state index in [4.69, 9.17) is 4.74 Å². The van der Waals surface area contributed by atoms with Gasteiger partial charge in [0.25, 0.3) is 0 Å². The molecule has 0 saturated heterocycles. The summed E-state index contributed by atoms with van der Waals surface area (Å²) in [6.45, 7) is 7.70. The summed E-state index contributed by atoms with van der Waals surface area (Å²) < 4.78 is 8.14. The van der Waals surface area contributed by atoms with E-state index in [1.54, 1.807) is 0 Å². The predicted molar refractivity (Wildman–Crippen MR) is 56.5 cm³/mol. The van der Waals surface area contributed by atoms with Crippen molar-refractivity contribution < 1.29 is 9.53 Å². The molecule has 0 rings (SSSR count). The van der Waals surface area contributed by atoms with E-state index in [1.807, 2.05) is 34.0 Å². The second-order valence-electron chi connectivity index (χ2n) is 3.53. The second kappa shape index (κ2) is 6.27. The minimum Gasteiger partial charge on any atom is -0.462 e. The van der Waals surface area contributed by atoms with Gasteiger partial charge in [-0.25, -0.2) is 0 Å². The largest absolute Gasteiger partial charge is 0.462 e. The molecule has 1 unspecified atom stereocenters. The first kappa shape index (κ1) is 12.8. The zero-order valence-corrected chi connectivity index (χ0v) is 9.77. The molecule has 13 heavy (non-hydrogen) atoms. The molecule has 0 aromatic rings. The highest BCUT2D eigenvalue weighted by atomic mass is 32.2. The van der Waals surface area contributed by atoms with Crippen LogP contribution in [0.15, 0.2) is 0 Å². The lowest BCUT2D eigenvalue weighted by Crippen LogP contribution is -2.39. The number of hydrogen-bond acceptors (Lipinski definition) is 4. The van der Waals surface area contributed by atoms with E-state index in [9.17, 15) is 4.79 Å². The fourth-order valence-electron chi connectivity index (χ4n) is 0.889. The number of carbonyl (C=O) groups is 1. The average molecular weight is 205 g/mol. The van der Waals surface area contributed by atoms with Crippen LogP contribution in [-0.2, 0) is 9.53 Å². The van der Waals surface area contributed by atoms with Crippen molar-refractivity contribution in [2.45, 2.75) is 39.8 Å². The van der Waals surface area contributed by atoms with Gasteiger partial charge in [0.1, 0.15) is 6.04 Å². The van der Waals surface area contributed by atoms with Crippen molar-refractivity contribution in [3.63, 3.8) is 0 Å². The Morgan fingerprint density at radius 3 is 2.15 bits per heavy atom. The lowest BCUT2D eigenvalue weighted by atomic mass is 10.1. The van der Waals surface area contributed by atoms with E-state index in [2.05, 4.69) is 4.72 Å². The molecule has 0 spiro atoms. The summed E-state index contributed by atoms with van der Waals surface area (Å²) in [6.07, 6.45) is 1.86. The van der Waals surface area contributed by atoms with Crippen molar-refractivity contribution in [2.24, 2.45) is 5.92 Å². The minimum atomic E-state index is -0.211. The topological polar surface area (TPSA) is 38.3 Å². The predicted octanol–water partition coefficient (Wildman–Crippen LogP) is 1.83. The van der Waals surface area contributed by atoms with Crippen LogP contribution in [0.4, 0.5) is 0 Å². The Balaban J connectivity index is 4.11. The first-order valence-corrected chi connectivity index (χ1v) is 5.70. The molecule has 0 heterocycles. The van der Waals surface area contributed by atoms with Gasteiger partial charge in [-0.05, 0) is 26.0 Å². The van der Waals surface area contributed by atoms with Gasteiger partial charge >= 0.3 is 5.97 Å². The number of carbonyl (C=O) groups excluding carboxylic acids is 1. The van der Waals surface area contributed by atoms with E-state index in [1.165, 1.54) is 11.9 Å². The lowest BCUT2D eigenvalue weighted by Gasteiger charge is -2.20. The third-order valence-electron chi connectivity index (χ3n) is 1.52. The second-order valence-corrected chi connectivity index (χ2v) is 4.17. The Bertz CT molecular complexity index is 160. The van der Waals surface area contributed by atoms with E-state index >= 15 is 0 Å². The SMILES string of the molecule is CSNC(C(=O)OC(C)C)C(C)C. The van der Waals surface area contributed by atoms with Crippen LogP contribution in [0, 0.1) is 5.92 Å². The summed E-state index contributed by atoms with van der Waals surface area (Å²) in [7, 11) is 0. The highest BCUT2D eigenvalue weighted by molar-refractivity contribution is 7.96. The van der Waals surface area contributed by atoms with Gasteiger partial charge < -0.3 is 4.74 Å². The van der Waals surface area contributed by atoms with Crippen molar-refractivity contribution in [3.05, 3.63) is 0 Å². The summed E-state index contributed by atoms with van der Waals surface area (Å²) in [6, 6.07) is -0.211. The number of esters is 1. The fourth-order valence-corrected chi connectivity index (χ4v) is 1.51. The molecule has 0 aromatic carbocycles. The van der Waals surface area contributed by atoms with Crippen molar-refractivity contribution in [1.82, 2.24) is 4.72 Å². The molecule has 0 aliphatic carbocycles. The highest BCUT2D eigenvalue weighted by Crippen LogP contribution is 2.08. The van der Waals surface area contributed by atoms with Gasteiger partial charge in [0, 0.05) is 0 Å². The van der Waals surface area contributed by atoms with Crippen LogP contribution in [0.25, 0.3) is 0 Å². The van der Waals surface area contributed by atoms with Crippen molar-refractivity contribution in [3.8, 4) is 0 Å². The molecular formula is C9H19NO2S. The van der Waals surface area contributed by atoms with E-state index in [0.29, 0.717) is 0 Å². The van der Waals surface area contributed by atoms with E-state index < -0.39 is 0 Å². The maximum Gasteiger partial charge on any atom is 0.324 e. The van der Waals surface area contributed by atoms with Crippen molar-refractivity contribution >= 4 is 17.9 Å². The van der Waals surface area contributed by atoms with Crippen molar-refractivity contribution in [2.75, 3.05) is 6.26 Å².